The topological polar surface area (TPSA) is 111 Å². The second-order valence-corrected chi connectivity index (χ2v) is 6.68. The van der Waals surface area contributed by atoms with Crippen LogP contribution in [0.5, 0.6) is 0 Å². The number of amides is 1. The molecule has 4 aromatic heterocycles. The molecule has 27 heavy (non-hydrogen) atoms. The van der Waals surface area contributed by atoms with Gasteiger partial charge in [0.05, 0.1) is 17.9 Å². The summed E-state index contributed by atoms with van der Waals surface area (Å²) in [4.78, 5) is 21.3. The third-order valence-corrected chi connectivity index (χ3v) is 4.74. The van der Waals surface area contributed by atoms with Crippen LogP contribution in [0.2, 0.25) is 0 Å². The zero-order valence-electron chi connectivity index (χ0n) is 14.4. The number of fused-ring (bicyclic) bond motifs is 1. The van der Waals surface area contributed by atoms with Gasteiger partial charge in [-0.05, 0) is 31.2 Å². The van der Waals surface area contributed by atoms with Crippen molar-refractivity contribution in [2.75, 3.05) is 5.75 Å². The first-order chi connectivity index (χ1) is 13.2. The predicted molar refractivity (Wildman–Crippen MR) is 97.8 cm³/mol. The highest BCUT2D eigenvalue weighted by Crippen LogP contribution is 2.22. The number of nitrogens with zero attached hydrogens (tertiary/aromatic N) is 6. The van der Waals surface area contributed by atoms with Crippen molar-refractivity contribution in [3.8, 4) is 11.5 Å². The summed E-state index contributed by atoms with van der Waals surface area (Å²) in [7, 11) is 0. The fraction of sp³-hybridized carbons (Fsp3) is 0.176. The minimum absolute atomic E-state index is 0.0859. The molecule has 136 valence electrons. The average Bonchev–Trinajstić information content (AvgIpc) is 3.31. The van der Waals surface area contributed by atoms with Crippen molar-refractivity contribution in [3.63, 3.8) is 0 Å². The molecule has 0 aromatic carbocycles. The molecular weight excluding hydrogens is 366 g/mol. The van der Waals surface area contributed by atoms with E-state index in [1.165, 1.54) is 11.8 Å². The molecule has 0 radical (unpaired) electrons. The highest BCUT2D eigenvalue weighted by atomic mass is 32.2. The van der Waals surface area contributed by atoms with Gasteiger partial charge >= 0.3 is 0 Å². The lowest BCUT2D eigenvalue weighted by molar-refractivity contribution is -0.118. The van der Waals surface area contributed by atoms with Crippen LogP contribution < -0.4 is 5.32 Å². The molecule has 10 heteroatoms. The SMILES string of the molecule is Cc1noc(-c2cccn3c(CNC(=O)CSc4ccncc4)nnc23)n1. The first-order valence-corrected chi connectivity index (χ1v) is 9.12. The zero-order valence-corrected chi connectivity index (χ0v) is 15.2. The lowest BCUT2D eigenvalue weighted by atomic mass is 10.2. The average molecular weight is 381 g/mol. The molecule has 0 bridgehead atoms. The Morgan fingerprint density at radius 1 is 1.26 bits per heavy atom. The molecule has 0 aliphatic carbocycles. The lowest BCUT2D eigenvalue weighted by Crippen LogP contribution is -2.25. The van der Waals surface area contributed by atoms with Crippen molar-refractivity contribution in [2.45, 2.75) is 18.4 Å². The number of rotatable bonds is 6. The van der Waals surface area contributed by atoms with Crippen LogP contribution in [0.25, 0.3) is 17.1 Å². The molecule has 0 atom stereocenters. The normalized spacial score (nSPS) is 11.0. The minimum atomic E-state index is -0.0859. The van der Waals surface area contributed by atoms with Crippen molar-refractivity contribution in [2.24, 2.45) is 0 Å². The van der Waals surface area contributed by atoms with Gasteiger partial charge in [0.2, 0.25) is 5.91 Å². The van der Waals surface area contributed by atoms with Crippen molar-refractivity contribution in [1.29, 1.82) is 0 Å². The second-order valence-electron chi connectivity index (χ2n) is 5.63. The number of nitrogens with one attached hydrogen (secondary N) is 1. The van der Waals surface area contributed by atoms with Crippen molar-refractivity contribution >= 4 is 23.3 Å². The molecule has 4 heterocycles. The lowest BCUT2D eigenvalue weighted by Gasteiger charge is -2.05. The third kappa shape index (κ3) is 3.80. The number of hydrogen-bond donors (Lipinski definition) is 1. The minimum Gasteiger partial charge on any atom is -0.348 e. The van der Waals surface area contributed by atoms with Gasteiger partial charge < -0.3 is 9.84 Å². The van der Waals surface area contributed by atoms with E-state index in [9.17, 15) is 4.79 Å². The van der Waals surface area contributed by atoms with Gasteiger partial charge in [0.1, 0.15) is 0 Å². The summed E-state index contributed by atoms with van der Waals surface area (Å²) >= 11 is 1.45. The van der Waals surface area contributed by atoms with Crippen LogP contribution in [0.3, 0.4) is 0 Å². The fourth-order valence-electron chi connectivity index (χ4n) is 2.47. The van der Waals surface area contributed by atoms with Gasteiger partial charge in [-0.15, -0.1) is 22.0 Å². The maximum absolute atomic E-state index is 12.1. The van der Waals surface area contributed by atoms with E-state index in [0.717, 1.165) is 4.90 Å². The van der Waals surface area contributed by atoms with Crippen LogP contribution in [0.4, 0.5) is 0 Å². The Bertz CT molecular complexity index is 1080. The second kappa shape index (κ2) is 7.54. The molecule has 0 aliphatic rings. The Kier molecular flexibility index (Phi) is 4.79. The summed E-state index contributed by atoms with van der Waals surface area (Å²) in [6.45, 7) is 2.02. The van der Waals surface area contributed by atoms with E-state index >= 15 is 0 Å². The maximum atomic E-state index is 12.1. The summed E-state index contributed by atoms with van der Waals surface area (Å²) in [6, 6.07) is 7.41. The predicted octanol–water partition coefficient (Wildman–Crippen LogP) is 1.89. The van der Waals surface area contributed by atoms with Gasteiger partial charge in [-0.25, -0.2) is 0 Å². The standard InChI is InChI=1S/C17H15N7O2S/c1-11-20-17(26-23-11)13-3-2-8-24-14(21-22-16(13)24)9-19-15(25)10-27-12-4-6-18-7-5-12/h2-8H,9-10H2,1H3,(H,19,25). The third-order valence-electron chi connectivity index (χ3n) is 3.73. The van der Waals surface area contributed by atoms with Gasteiger partial charge in [-0.2, -0.15) is 4.98 Å². The highest BCUT2D eigenvalue weighted by molar-refractivity contribution is 8.00. The Hall–Kier alpha value is -3.27. The van der Waals surface area contributed by atoms with Gasteiger partial charge in [-0.1, -0.05) is 5.16 Å². The molecule has 0 spiro atoms. The Labute approximate surface area is 158 Å². The fourth-order valence-corrected chi connectivity index (χ4v) is 3.18. The molecule has 9 nitrogen and oxygen atoms in total. The van der Waals surface area contributed by atoms with Crippen LogP contribution in [-0.2, 0) is 11.3 Å². The van der Waals surface area contributed by atoms with E-state index in [0.29, 0.717) is 34.5 Å². The van der Waals surface area contributed by atoms with Crippen LogP contribution in [0, 0.1) is 6.92 Å². The first-order valence-electron chi connectivity index (χ1n) is 8.13. The van der Waals surface area contributed by atoms with Gasteiger partial charge in [-0.3, -0.25) is 14.2 Å². The van der Waals surface area contributed by atoms with E-state index in [-0.39, 0.29) is 12.5 Å². The molecule has 0 fully saturated rings. The van der Waals surface area contributed by atoms with Crippen LogP contribution >= 0.6 is 11.8 Å². The number of carbonyl (C=O) groups is 1. The number of thioether (sulfide) groups is 1. The molecule has 0 aliphatic heterocycles. The van der Waals surface area contributed by atoms with Crippen LogP contribution in [0.15, 0.2) is 52.3 Å². The molecule has 0 saturated heterocycles. The summed E-state index contributed by atoms with van der Waals surface area (Å²) in [5.74, 6) is 1.77. The highest BCUT2D eigenvalue weighted by Gasteiger charge is 2.15. The first kappa shape index (κ1) is 17.2. The Balaban J connectivity index is 1.44. The van der Waals surface area contributed by atoms with Crippen LogP contribution in [0.1, 0.15) is 11.6 Å². The molecule has 0 unspecified atom stereocenters. The van der Waals surface area contributed by atoms with Gasteiger partial charge in [0.25, 0.3) is 5.89 Å². The summed E-state index contributed by atoms with van der Waals surface area (Å²) < 4.78 is 7.02. The molecule has 1 N–H and O–H groups in total. The van der Waals surface area contributed by atoms with E-state index in [1.54, 1.807) is 23.7 Å². The van der Waals surface area contributed by atoms with Gasteiger partial charge in [0, 0.05) is 23.5 Å². The van der Waals surface area contributed by atoms with E-state index < -0.39 is 0 Å². The number of pyridine rings is 2. The summed E-state index contributed by atoms with van der Waals surface area (Å²) in [5, 5.41) is 15.0. The summed E-state index contributed by atoms with van der Waals surface area (Å²) in [6.07, 6.45) is 5.23. The Morgan fingerprint density at radius 2 is 2.11 bits per heavy atom. The van der Waals surface area contributed by atoms with Crippen molar-refractivity contribution < 1.29 is 9.32 Å². The molecule has 4 rings (SSSR count). The molecule has 4 aromatic rings. The zero-order chi connectivity index (χ0) is 18.6. The number of hydrogen-bond acceptors (Lipinski definition) is 8. The largest absolute Gasteiger partial charge is 0.348 e. The smallest absolute Gasteiger partial charge is 0.261 e. The van der Waals surface area contributed by atoms with Crippen molar-refractivity contribution in [3.05, 3.63) is 54.5 Å². The molecule has 1 amide bonds. The monoisotopic (exact) mass is 381 g/mol. The Morgan fingerprint density at radius 3 is 2.89 bits per heavy atom. The van der Waals surface area contributed by atoms with Crippen molar-refractivity contribution in [1.82, 2.24) is 35.0 Å². The maximum Gasteiger partial charge on any atom is 0.261 e. The summed E-state index contributed by atoms with van der Waals surface area (Å²) in [5.41, 5.74) is 1.29. The molecular formula is C17H15N7O2S. The quantitative estimate of drug-likeness (QED) is 0.504. The van der Waals surface area contributed by atoms with Gasteiger partial charge in [0.15, 0.2) is 17.3 Å². The number of aryl methyl sites for hydroxylation is 1. The number of aromatic nitrogens is 6. The van der Waals surface area contributed by atoms with E-state index in [1.807, 2.05) is 30.5 Å². The van der Waals surface area contributed by atoms with E-state index in [2.05, 4.69) is 30.6 Å². The van der Waals surface area contributed by atoms with Crippen LogP contribution in [-0.4, -0.2) is 41.4 Å². The number of carbonyl (C=O) groups excluding carboxylic acids is 1. The van der Waals surface area contributed by atoms with E-state index in [4.69, 9.17) is 4.52 Å². The molecule has 0 saturated carbocycles.